The normalized spacial score (nSPS) is 13.6. The molecule has 0 N–H and O–H groups in total. The predicted molar refractivity (Wildman–Crippen MR) is 103 cm³/mol. The molecular formula is C18H36N4O2S. The van der Waals surface area contributed by atoms with Crippen LogP contribution in [-0.4, -0.2) is 47.6 Å². The summed E-state index contributed by atoms with van der Waals surface area (Å²) in [6.45, 7) is 12.6. The van der Waals surface area contributed by atoms with Crippen LogP contribution < -0.4 is 0 Å². The summed E-state index contributed by atoms with van der Waals surface area (Å²) in [4.78, 5) is 0. The molecule has 0 aliphatic carbocycles. The number of rotatable bonds is 10. The fourth-order valence-corrected chi connectivity index (χ4v) is 3.29. The van der Waals surface area contributed by atoms with Crippen molar-refractivity contribution in [3.63, 3.8) is 0 Å². The van der Waals surface area contributed by atoms with E-state index in [1.165, 1.54) is 17.0 Å². The molecule has 0 aromatic carbocycles. The fraction of sp³-hybridized carbons (Fsp3) is 0.889. The molecular weight excluding hydrogens is 336 g/mol. The van der Waals surface area contributed by atoms with Gasteiger partial charge in [-0.3, -0.25) is 4.68 Å². The van der Waals surface area contributed by atoms with Crippen molar-refractivity contribution >= 4 is 10.0 Å². The molecule has 0 unspecified atom stereocenters. The molecule has 146 valence electrons. The van der Waals surface area contributed by atoms with Gasteiger partial charge in [0.15, 0.2) is 0 Å². The molecule has 0 saturated heterocycles. The van der Waals surface area contributed by atoms with E-state index in [-0.39, 0.29) is 5.41 Å². The van der Waals surface area contributed by atoms with E-state index < -0.39 is 10.0 Å². The summed E-state index contributed by atoms with van der Waals surface area (Å²) < 4.78 is 26.2. The Bertz CT molecular complexity index is 630. The Kier molecular flexibility index (Phi) is 7.62. The van der Waals surface area contributed by atoms with Crippen molar-refractivity contribution in [1.29, 1.82) is 0 Å². The highest BCUT2D eigenvalue weighted by atomic mass is 32.2. The zero-order valence-corrected chi connectivity index (χ0v) is 17.9. The van der Waals surface area contributed by atoms with E-state index in [0.29, 0.717) is 12.0 Å². The summed E-state index contributed by atoms with van der Waals surface area (Å²) in [5.41, 5.74) is 1.44. The van der Waals surface area contributed by atoms with Crippen LogP contribution in [0.5, 0.6) is 0 Å². The summed E-state index contributed by atoms with van der Waals surface area (Å²) in [5.74, 6) is 0. The van der Waals surface area contributed by atoms with Crippen LogP contribution in [-0.2, 0) is 23.0 Å². The van der Waals surface area contributed by atoms with E-state index in [1.807, 2.05) is 10.9 Å². The summed E-state index contributed by atoms with van der Waals surface area (Å²) in [6.07, 6.45) is 8.22. The molecule has 0 atom stereocenters. The van der Waals surface area contributed by atoms with E-state index in [9.17, 15) is 8.42 Å². The lowest BCUT2D eigenvalue weighted by molar-refractivity contribution is 0.305. The van der Waals surface area contributed by atoms with E-state index in [4.69, 9.17) is 0 Å². The minimum atomic E-state index is -3.09. The minimum Gasteiger partial charge on any atom is -0.252 e. The lowest BCUT2D eigenvalue weighted by Crippen LogP contribution is -2.27. The van der Waals surface area contributed by atoms with Crippen LogP contribution >= 0.6 is 0 Å². The summed E-state index contributed by atoms with van der Waals surface area (Å²) in [7, 11) is -1.46. The fourth-order valence-electron chi connectivity index (χ4n) is 2.82. The maximum atomic E-state index is 11.4. The molecule has 0 aliphatic rings. The van der Waals surface area contributed by atoms with Gasteiger partial charge in [0.2, 0.25) is 10.0 Å². The molecule has 0 saturated carbocycles. The van der Waals surface area contributed by atoms with Crippen molar-refractivity contribution in [3.05, 3.63) is 11.9 Å². The van der Waals surface area contributed by atoms with Gasteiger partial charge in [0.25, 0.3) is 0 Å². The Morgan fingerprint density at radius 3 is 2.32 bits per heavy atom. The lowest BCUT2D eigenvalue weighted by Gasteiger charge is -2.24. The summed E-state index contributed by atoms with van der Waals surface area (Å²) in [5, 5.41) is 8.55. The molecule has 0 aliphatic heterocycles. The van der Waals surface area contributed by atoms with Crippen molar-refractivity contribution in [2.75, 3.05) is 19.8 Å². The number of nitrogens with zero attached hydrogens (tertiary/aromatic N) is 4. The van der Waals surface area contributed by atoms with E-state index in [0.717, 1.165) is 37.9 Å². The first-order valence-corrected chi connectivity index (χ1v) is 10.9. The second-order valence-corrected chi connectivity index (χ2v) is 11.3. The molecule has 25 heavy (non-hydrogen) atoms. The largest absolute Gasteiger partial charge is 0.252 e. The van der Waals surface area contributed by atoms with Crippen LogP contribution in [0.25, 0.3) is 0 Å². The first kappa shape index (κ1) is 22.1. The van der Waals surface area contributed by atoms with Gasteiger partial charge in [-0.05, 0) is 42.9 Å². The van der Waals surface area contributed by atoms with Gasteiger partial charge in [0, 0.05) is 26.3 Å². The third kappa shape index (κ3) is 9.35. The minimum absolute atomic E-state index is 0.0740. The number of aromatic nitrogens is 3. The Hall–Kier alpha value is -0.950. The van der Waals surface area contributed by atoms with Crippen LogP contribution in [0.15, 0.2) is 6.20 Å². The summed E-state index contributed by atoms with van der Waals surface area (Å²) in [6, 6.07) is 0. The van der Waals surface area contributed by atoms with Crippen LogP contribution in [0, 0.1) is 10.8 Å². The van der Waals surface area contributed by atoms with Crippen LogP contribution in [0.1, 0.15) is 66.0 Å². The van der Waals surface area contributed by atoms with Crippen molar-refractivity contribution in [2.45, 2.75) is 73.3 Å². The molecule has 0 bridgehead atoms. The van der Waals surface area contributed by atoms with Gasteiger partial charge in [-0.1, -0.05) is 39.8 Å². The standard InChI is InChI=1S/C18H36N4O2S/c1-17(2,3)10-8-13-22-15-16(19-20-22)14-18(4,5)11-9-12-21(6)25(7,23)24/h15H,8-14H2,1-7H3. The molecule has 1 aromatic heterocycles. The first-order chi connectivity index (χ1) is 11.3. The van der Waals surface area contributed by atoms with Gasteiger partial charge in [-0.25, -0.2) is 12.7 Å². The van der Waals surface area contributed by atoms with Gasteiger partial charge >= 0.3 is 0 Å². The van der Waals surface area contributed by atoms with Gasteiger partial charge in [0.05, 0.1) is 11.9 Å². The van der Waals surface area contributed by atoms with Crippen molar-refractivity contribution in [1.82, 2.24) is 19.3 Å². The quantitative estimate of drug-likeness (QED) is 0.632. The SMILES string of the molecule is CN(CCCC(C)(C)Cc1cn(CCCC(C)(C)C)nn1)S(C)(=O)=O. The van der Waals surface area contributed by atoms with Crippen molar-refractivity contribution in [2.24, 2.45) is 10.8 Å². The predicted octanol–water partition coefficient (Wildman–Crippen LogP) is 3.34. The molecule has 0 amide bonds. The molecule has 0 fully saturated rings. The molecule has 1 aromatic rings. The Morgan fingerprint density at radius 1 is 1.12 bits per heavy atom. The molecule has 7 heteroatoms. The number of hydrogen-bond acceptors (Lipinski definition) is 4. The van der Waals surface area contributed by atoms with Crippen LogP contribution in [0.3, 0.4) is 0 Å². The monoisotopic (exact) mass is 372 g/mol. The molecule has 6 nitrogen and oxygen atoms in total. The van der Waals surface area contributed by atoms with Crippen molar-refractivity contribution < 1.29 is 8.42 Å². The third-order valence-electron chi connectivity index (χ3n) is 4.45. The zero-order valence-electron chi connectivity index (χ0n) is 17.0. The Morgan fingerprint density at radius 2 is 1.76 bits per heavy atom. The Labute approximate surface area is 154 Å². The molecule has 0 spiro atoms. The number of hydrogen-bond donors (Lipinski definition) is 0. The van der Waals surface area contributed by atoms with Gasteiger partial charge in [-0.15, -0.1) is 5.10 Å². The van der Waals surface area contributed by atoms with E-state index in [2.05, 4.69) is 44.9 Å². The number of sulfonamides is 1. The molecule has 1 rings (SSSR count). The van der Waals surface area contributed by atoms with Gasteiger partial charge in [0.1, 0.15) is 0 Å². The van der Waals surface area contributed by atoms with Crippen LogP contribution in [0.4, 0.5) is 0 Å². The van der Waals surface area contributed by atoms with Gasteiger partial charge in [-0.2, -0.15) is 0 Å². The maximum absolute atomic E-state index is 11.4. The second kappa shape index (κ2) is 8.62. The topological polar surface area (TPSA) is 68.1 Å². The Balaban J connectivity index is 2.44. The smallest absolute Gasteiger partial charge is 0.210 e. The highest BCUT2D eigenvalue weighted by molar-refractivity contribution is 7.88. The molecule has 0 radical (unpaired) electrons. The lowest BCUT2D eigenvalue weighted by atomic mass is 9.83. The summed E-state index contributed by atoms with van der Waals surface area (Å²) >= 11 is 0. The average Bonchev–Trinajstić information content (AvgIpc) is 2.82. The third-order valence-corrected chi connectivity index (χ3v) is 5.77. The highest BCUT2D eigenvalue weighted by Gasteiger charge is 2.21. The zero-order chi connectivity index (χ0) is 19.3. The highest BCUT2D eigenvalue weighted by Crippen LogP contribution is 2.27. The van der Waals surface area contributed by atoms with E-state index >= 15 is 0 Å². The molecule has 1 heterocycles. The second-order valence-electron chi connectivity index (χ2n) is 9.17. The van der Waals surface area contributed by atoms with Crippen molar-refractivity contribution in [3.8, 4) is 0 Å². The number of aryl methyl sites for hydroxylation is 1. The van der Waals surface area contributed by atoms with Gasteiger partial charge < -0.3 is 0 Å². The first-order valence-electron chi connectivity index (χ1n) is 9.09. The maximum Gasteiger partial charge on any atom is 0.210 e. The van der Waals surface area contributed by atoms with Crippen LogP contribution in [0.2, 0.25) is 0 Å². The average molecular weight is 373 g/mol. The van der Waals surface area contributed by atoms with E-state index in [1.54, 1.807) is 7.05 Å².